The maximum atomic E-state index is 12.5. The van der Waals surface area contributed by atoms with E-state index in [2.05, 4.69) is 0 Å². The van der Waals surface area contributed by atoms with Crippen LogP contribution < -0.4 is 4.74 Å². The third-order valence-electron chi connectivity index (χ3n) is 2.05. The molecule has 3 heteroatoms. The third kappa shape index (κ3) is 2.83. The number of carbonyl (C=O) groups is 1. The van der Waals surface area contributed by atoms with Crippen LogP contribution in [0.15, 0.2) is 24.3 Å². The molecule has 14 heavy (non-hydrogen) atoms. The summed E-state index contributed by atoms with van der Waals surface area (Å²) < 4.78 is 17.5. The van der Waals surface area contributed by atoms with Crippen molar-refractivity contribution < 1.29 is 13.9 Å². The molecule has 0 radical (unpaired) electrons. The van der Waals surface area contributed by atoms with Crippen molar-refractivity contribution in [2.45, 2.75) is 20.3 Å². The number of rotatable bonds is 3. The first-order chi connectivity index (χ1) is 6.63. The van der Waals surface area contributed by atoms with Gasteiger partial charge in [0.05, 0.1) is 5.92 Å². The van der Waals surface area contributed by atoms with Crippen LogP contribution in [0, 0.1) is 11.7 Å². The van der Waals surface area contributed by atoms with Gasteiger partial charge in [-0.05, 0) is 30.7 Å². The van der Waals surface area contributed by atoms with Crippen molar-refractivity contribution in [2.24, 2.45) is 5.92 Å². The maximum Gasteiger partial charge on any atom is 0.314 e. The summed E-state index contributed by atoms with van der Waals surface area (Å²) in [7, 11) is 0. The molecular formula is C11H13FO2. The van der Waals surface area contributed by atoms with Crippen molar-refractivity contribution in [3.8, 4) is 5.75 Å². The molecule has 0 aliphatic carbocycles. The van der Waals surface area contributed by atoms with E-state index in [9.17, 15) is 9.18 Å². The summed E-state index contributed by atoms with van der Waals surface area (Å²) in [5, 5.41) is 0. The minimum absolute atomic E-state index is 0.125. The predicted octanol–water partition coefficient (Wildman–Crippen LogP) is 2.78. The Labute approximate surface area is 82.7 Å². The summed E-state index contributed by atoms with van der Waals surface area (Å²) in [6, 6.07) is 5.41. The fourth-order valence-electron chi connectivity index (χ4n) is 0.886. The summed E-state index contributed by atoms with van der Waals surface area (Å²) in [4.78, 5) is 11.3. The van der Waals surface area contributed by atoms with Gasteiger partial charge in [-0.25, -0.2) is 4.39 Å². The Morgan fingerprint density at radius 2 is 2.00 bits per heavy atom. The summed E-state index contributed by atoms with van der Waals surface area (Å²) in [5.74, 6) is -0.357. The van der Waals surface area contributed by atoms with Crippen LogP contribution in [0.3, 0.4) is 0 Å². The van der Waals surface area contributed by atoms with Crippen molar-refractivity contribution in [3.05, 3.63) is 30.1 Å². The molecule has 0 spiro atoms. The van der Waals surface area contributed by atoms with E-state index in [1.165, 1.54) is 24.3 Å². The lowest BCUT2D eigenvalue weighted by Gasteiger charge is -2.08. The largest absolute Gasteiger partial charge is 0.426 e. The minimum Gasteiger partial charge on any atom is -0.426 e. The van der Waals surface area contributed by atoms with Crippen LogP contribution in [0.25, 0.3) is 0 Å². The van der Waals surface area contributed by atoms with Gasteiger partial charge in [0.25, 0.3) is 0 Å². The highest BCUT2D eigenvalue weighted by Crippen LogP contribution is 2.13. The molecule has 1 atom stereocenters. The van der Waals surface area contributed by atoms with Crippen LogP contribution in [0.5, 0.6) is 5.75 Å². The Bertz CT molecular complexity index is 306. The molecule has 0 amide bonds. The average molecular weight is 196 g/mol. The second kappa shape index (κ2) is 4.74. The van der Waals surface area contributed by atoms with Gasteiger partial charge in [0, 0.05) is 0 Å². The van der Waals surface area contributed by atoms with E-state index in [1.807, 2.05) is 6.92 Å². The van der Waals surface area contributed by atoms with Crippen LogP contribution in [-0.2, 0) is 4.79 Å². The van der Waals surface area contributed by atoms with Crippen LogP contribution in [0.2, 0.25) is 0 Å². The summed E-state index contributed by atoms with van der Waals surface area (Å²) >= 11 is 0. The normalized spacial score (nSPS) is 12.2. The van der Waals surface area contributed by atoms with Gasteiger partial charge in [0.15, 0.2) is 0 Å². The first-order valence-corrected chi connectivity index (χ1v) is 4.60. The van der Waals surface area contributed by atoms with Crippen molar-refractivity contribution in [1.82, 2.24) is 0 Å². The van der Waals surface area contributed by atoms with Crippen molar-refractivity contribution in [2.75, 3.05) is 0 Å². The zero-order chi connectivity index (χ0) is 10.6. The smallest absolute Gasteiger partial charge is 0.314 e. The molecule has 1 rings (SSSR count). The molecule has 1 aromatic carbocycles. The molecule has 0 saturated carbocycles. The predicted molar refractivity (Wildman–Crippen MR) is 51.5 cm³/mol. The molecule has 1 unspecified atom stereocenters. The van der Waals surface area contributed by atoms with Gasteiger partial charge >= 0.3 is 5.97 Å². The lowest BCUT2D eigenvalue weighted by Crippen LogP contribution is -2.16. The van der Waals surface area contributed by atoms with Gasteiger partial charge in [0.1, 0.15) is 11.6 Å². The van der Waals surface area contributed by atoms with E-state index in [0.29, 0.717) is 5.75 Å². The fourth-order valence-corrected chi connectivity index (χ4v) is 0.886. The molecule has 1 aromatic rings. The van der Waals surface area contributed by atoms with E-state index < -0.39 is 0 Å². The minimum atomic E-state index is -0.340. The van der Waals surface area contributed by atoms with Gasteiger partial charge < -0.3 is 4.74 Å². The zero-order valence-electron chi connectivity index (χ0n) is 8.29. The first kappa shape index (κ1) is 10.7. The van der Waals surface area contributed by atoms with E-state index in [-0.39, 0.29) is 17.7 Å². The maximum absolute atomic E-state index is 12.5. The zero-order valence-corrected chi connectivity index (χ0v) is 8.29. The van der Waals surface area contributed by atoms with Gasteiger partial charge in [-0.1, -0.05) is 13.8 Å². The standard InChI is InChI=1S/C11H13FO2/c1-3-8(2)11(13)14-10-6-4-9(12)5-7-10/h4-8H,3H2,1-2H3. The second-order valence-corrected chi connectivity index (χ2v) is 3.18. The monoisotopic (exact) mass is 196 g/mol. The van der Waals surface area contributed by atoms with Crippen molar-refractivity contribution >= 4 is 5.97 Å². The average Bonchev–Trinajstić information content (AvgIpc) is 2.20. The second-order valence-electron chi connectivity index (χ2n) is 3.18. The van der Waals surface area contributed by atoms with Crippen LogP contribution >= 0.6 is 0 Å². The highest BCUT2D eigenvalue weighted by atomic mass is 19.1. The number of hydrogen-bond donors (Lipinski definition) is 0. The van der Waals surface area contributed by atoms with Crippen molar-refractivity contribution in [1.29, 1.82) is 0 Å². The van der Waals surface area contributed by atoms with E-state index in [0.717, 1.165) is 6.42 Å². The first-order valence-electron chi connectivity index (χ1n) is 4.60. The highest BCUT2D eigenvalue weighted by Gasteiger charge is 2.12. The number of halogens is 1. The van der Waals surface area contributed by atoms with E-state index in [1.54, 1.807) is 6.92 Å². The Hall–Kier alpha value is -1.38. The number of ether oxygens (including phenoxy) is 1. The van der Waals surface area contributed by atoms with Crippen molar-refractivity contribution in [3.63, 3.8) is 0 Å². The van der Waals surface area contributed by atoms with Crippen LogP contribution in [-0.4, -0.2) is 5.97 Å². The number of benzene rings is 1. The van der Waals surface area contributed by atoms with E-state index >= 15 is 0 Å². The van der Waals surface area contributed by atoms with Gasteiger partial charge in [-0.15, -0.1) is 0 Å². The Morgan fingerprint density at radius 1 is 1.43 bits per heavy atom. The molecule has 0 N–H and O–H groups in total. The lowest BCUT2D eigenvalue weighted by molar-refractivity contribution is -0.138. The summed E-state index contributed by atoms with van der Waals surface area (Å²) in [5.41, 5.74) is 0. The fraction of sp³-hybridized carbons (Fsp3) is 0.364. The molecule has 0 aliphatic rings. The molecule has 0 aliphatic heterocycles. The van der Waals surface area contributed by atoms with Crippen LogP contribution in [0.1, 0.15) is 20.3 Å². The van der Waals surface area contributed by atoms with Gasteiger partial charge in [0.2, 0.25) is 0 Å². The van der Waals surface area contributed by atoms with E-state index in [4.69, 9.17) is 4.74 Å². The quantitative estimate of drug-likeness (QED) is 0.549. The Balaban J connectivity index is 2.60. The third-order valence-corrected chi connectivity index (χ3v) is 2.05. The Kier molecular flexibility index (Phi) is 3.63. The van der Waals surface area contributed by atoms with Gasteiger partial charge in [-0.3, -0.25) is 4.79 Å². The van der Waals surface area contributed by atoms with Gasteiger partial charge in [-0.2, -0.15) is 0 Å². The number of hydrogen-bond acceptors (Lipinski definition) is 2. The molecule has 0 aromatic heterocycles. The molecule has 0 saturated heterocycles. The molecular weight excluding hydrogens is 183 g/mol. The SMILES string of the molecule is CCC(C)C(=O)Oc1ccc(F)cc1. The number of carbonyl (C=O) groups excluding carboxylic acids is 1. The summed E-state index contributed by atoms with van der Waals surface area (Å²) in [6.07, 6.45) is 0.736. The lowest BCUT2D eigenvalue weighted by atomic mass is 10.1. The highest BCUT2D eigenvalue weighted by molar-refractivity contribution is 5.74. The molecule has 0 bridgehead atoms. The molecule has 2 nitrogen and oxygen atoms in total. The molecule has 76 valence electrons. The van der Waals surface area contributed by atoms with Crippen LogP contribution in [0.4, 0.5) is 4.39 Å². The molecule has 0 fully saturated rings. The molecule has 0 heterocycles. The summed E-state index contributed by atoms with van der Waals surface area (Å²) in [6.45, 7) is 3.71. The topological polar surface area (TPSA) is 26.3 Å². The number of esters is 1. The Morgan fingerprint density at radius 3 is 2.50 bits per heavy atom.